The zero-order valence-corrected chi connectivity index (χ0v) is 18.6. The van der Waals surface area contributed by atoms with Crippen LogP contribution in [0.25, 0.3) is 6.08 Å². The van der Waals surface area contributed by atoms with E-state index in [4.69, 9.17) is 4.74 Å². The lowest BCUT2D eigenvalue weighted by atomic mass is 9.79. The first-order chi connectivity index (χ1) is 15.3. The van der Waals surface area contributed by atoms with E-state index in [1.54, 1.807) is 24.3 Å². The second-order valence-corrected chi connectivity index (χ2v) is 9.63. The normalized spacial score (nSPS) is 26.1. The van der Waals surface area contributed by atoms with Gasteiger partial charge in [0.05, 0.1) is 30.7 Å². The molecule has 2 aromatic rings. The SMILES string of the molecule is COc1ccccc1N1C(=O)[C@@H]2[C@H](C1=O)[C@@H]1c3ccccc3C=CN1[C@H]2C(=O)C(C)(C)C. The Balaban J connectivity index is 1.68. The third kappa shape index (κ3) is 2.75. The molecule has 4 atom stereocenters. The van der Waals surface area contributed by atoms with Crippen LogP contribution < -0.4 is 9.64 Å². The number of amides is 2. The zero-order chi connectivity index (χ0) is 22.8. The van der Waals surface area contributed by atoms with Crippen LogP contribution in [-0.2, 0) is 14.4 Å². The van der Waals surface area contributed by atoms with Gasteiger partial charge in [0, 0.05) is 11.6 Å². The van der Waals surface area contributed by atoms with Crippen molar-refractivity contribution < 1.29 is 19.1 Å². The number of benzene rings is 2. The summed E-state index contributed by atoms with van der Waals surface area (Å²) in [7, 11) is 1.51. The van der Waals surface area contributed by atoms with Gasteiger partial charge in [-0.3, -0.25) is 14.4 Å². The number of ketones is 1. The van der Waals surface area contributed by atoms with Crippen molar-refractivity contribution in [2.24, 2.45) is 17.3 Å². The monoisotopic (exact) mass is 430 g/mol. The van der Waals surface area contributed by atoms with Crippen molar-refractivity contribution in [3.8, 4) is 5.75 Å². The van der Waals surface area contributed by atoms with Gasteiger partial charge in [-0.15, -0.1) is 0 Å². The Labute approximate surface area is 187 Å². The number of rotatable bonds is 3. The highest BCUT2D eigenvalue weighted by molar-refractivity contribution is 6.24. The largest absolute Gasteiger partial charge is 0.495 e. The summed E-state index contributed by atoms with van der Waals surface area (Å²) in [5.41, 5.74) is 1.74. The predicted molar refractivity (Wildman–Crippen MR) is 121 cm³/mol. The predicted octanol–water partition coefficient (Wildman–Crippen LogP) is 3.83. The summed E-state index contributed by atoms with van der Waals surface area (Å²) in [6.07, 6.45) is 3.84. The average Bonchev–Trinajstić information content (AvgIpc) is 3.25. The number of imide groups is 1. The Kier molecular flexibility index (Phi) is 4.52. The fourth-order valence-electron chi connectivity index (χ4n) is 5.35. The number of nitrogens with zero attached hydrogens (tertiary/aromatic N) is 2. The average molecular weight is 431 g/mol. The van der Waals surface area contributed by atoms with Crippen LogP contribution >= 0.6 is 0 Å². The maximum absolute atomic E-state index is 13.8. The molecule has 2 saturated heterocycles. The molecule has 0 bridgehead atoms. The molecule has 6 nitrogen and oxygen atoms in total. The van der Waals surface area contributed by atoms with Crippen molar-refractivity contribution in [2.45, 2.75) is 32.9 Å². The summed E-state index contributed by atoms with van der Waals surface area (Å²) in [6.45, 7) is 5.58. The topological polar surface area (TPSA) is 66.9 Å². The van der Waals surface area contributed by atoms with Crippen LogP contribution in [0.2, 0.25) is 0 Å². The van der Waals surface area contributed by atoms with E-state index >= 15 is 0 Å². The van der Waals surface area contributed by atoms with Gasteiger partial charge in [0.1, 0.15) is 11.8 Å². The molecule has 3 aliphatic heterocycles. The maximum atomic E-state index is 13.8. The smallest absolute Gasteiger partial charge is 0.240 e. The number of ether oxygens (including phenoxy) is 1. The molecule has 164 valence electrons. The molecule has 0 spiro atoms. The summed E-state index contributed by atoms with van der Waals surface area (Å²) in [4.78, 5) is 44.4. The lowest BCUT2D eigenvalue weighted by Crippen LogP contribution is -2.47. The van der Waals surface area contributed by atoms with Crippen molar-refractivity contribution >= 4 is 29.4 Å². The van der Waals surface area contributed by atoms with Crippen LogP contribution in [0.15, 0.2) is 54.7 Å². The molecular weight excluding hydrogens is 404 g/mol. The van der Waals surface area contributed by atoms with Gasteiger partial charge in [0.15, 0.2) is 5.78 Å². The zero-order valence-electron chi connectivity index (χ0n) is 18.6. The van der Waals surface area contributed by atoms with Crippen molar-refractivity contribution in [1.29, 1.82) is 0 Å². The Morgan fingerprint density at radius 3 is 2.31 bits per heavy atom. The maximum Gasteiger partial charge on any atom is 0.240 e. The van der Waals surface area contributed by atoms with Crippen LogP contribution in [-0.4, -0.2) is 35.6 Å². The van der Waals surface area contributed by atoms with E-state index < -0.39 is 23.3 Å². The van der Waals surface area contributed by atoms with Gasteiger partial charge in [-0.05, 0) is 29.3 Å². The molecule has 0 aromatic heterocycles. The summed E-state index contributed by atoms with van der Waals surface area (Å²) in [5, 5.41) is 0. The Hall–Kier alpha value is -3.41. The van der Waals surface area contributed by atoms with Gasteiger partial charge in [-0.1, -0.05) is 57.2 Å². The van der Waals surface area contributed by atoms with Crippen molar-refractivity contribution in [1.82, 2.24) is 4.90 Å². The number of Topliss-reactive ketones (excluding diaryl/α,β-unsaturated/α-hetero) is 1. The standard InChI is InChI=1S/C26H26N2O4/c1-26(2,3)23(29)22-20-19(21-16-10-6-5-9-15(16)13-14-27(21)22)24(30)28(25(20)31)17-11-7-8-12-18(17)32-4/h5-14,19-22H,1-4H3/t19-,20+,21-,22+/m0/s1. The molecular formula is C26H26N2O4. The minimum atomic E-state index is -0.750. The third-order valence-corrected chi connectivity index (χ3v) is 6.80. The highest BCUT2D eigenvalue weighted by atomic mass is 16.5. The molecule has 2 fully saturated rings. The number of carbonyl (C=O) groups is 3. The van der Waals surface area contributed by atoms with E-state index in [2.05, 4.69) is 0 Å². The van der Waals surface area contributed by atoms with Gasteiger partial charge in [0.2, 0.25) is 11.8 Å². The number of methoxy groups -OCH3 is 1. The number of fused-ring (bicyclic) bond motifs is 5. The first-order valence-electron chi connectivity index (χ1n) is 10.9. The van der Waals surface area contributed by atoms with Gasteiger partial charge in [-0.2, -0.15) is 0 Å². The highest BCUT2D eigenvalue weighted by Gasteiger charge is 2.65. The Bertz CT molecular complexity index is 1160. The van der Waals surface area contributed by atoms with Crippen LogP contribution in [0.3, 0.4) is 0 Å². The molecule has 0 saturated carbocycles. The quantitative estimate of drug-likeness (QED) is 0.693. The van der Waals surface area contributed by atoms with E-state index in [9.17, 15) is 14.4 Å². The summed E-state index contributed by atoms with van der Waals surface area (Å²) >= 11 is 0. The van der Waals surface area contributed by atoms with Crippen LogP contribution in [0.1, 0.15) is 37.9 Å². The van der Waals surface area contributed by atoms with E-state index in [0.717, 1.165) is 11.1 Å². The fourth-order valence-corrected chi connectivity index (χ4v) is 5.35. The summed E-state index contributed by atoms with van der Waals surface area (Å²) in [5.74, 6) is -1.60. The van der Waals surface area contributed by atoms with Crippen LogP contribution in [0, 0.1) is 17.3 Å². The molecule has 0 unspecified atom stereocenters. The minimum absolute atomic E-state index is 0.0398. The van der Waals surface area contributed by atoms with Gasteiger partial charge in [-0.25, -0.2) is 4.90 Å². The van der Waals surface area contributed by atoms with E-state index in [1.165, 1.54) is 12.0 Å². The lowest BCUT2D eigenvalue weighted by Gasteiger charge is -2.37. The molecule has 2 amide bonds. The van der Waals surface area contributed by atoms with Crippen LogP contribution in [0.4, 0.5) is 5.69 Å². The van der Waals surface area contributed by atoms with Gasteiger partial charge < -0.3 is 9.64 Å². The third-order valence-electron chi connectivity index (χ3n) is 6.80. The first kappa shape index (κ1) is 20.5. The molecule has 3 heterocycles. The Morgan fingerprint density at radius 1 is 0.938 bits per heavy atom. The van der Waals surface area contributed by atoms with E-state index in [-0.39, 0.29) is 23.6 Å². The first-order valence-corrected chi connectivity index (χ1v) is 10.9. The second kappa shape index (κ2) is 7.05. The van der Waals surface area contributed by atoms with E-state index in [1.807, 2.05) is 62.2 Å². The number of hydrogen-bond acceptors (Lipinski definition) is 5. The molecule has 3 aliphatic rings. The number of carbonyl (C=O) groups excluding carboxylic acids is 3. The second-order valence-electron chi connectivity index (χ2n) is 9.63. The molecule has 2 aromatic carbocycles. The molecule has 6 heteroatoms. The summed E-state index contributed by atoms with van der Waals surface area (Å²) < 4.78 is 5.43. The summed E-state index contributed by atoms with van der Waals surface area (Å²) in [6, 6.07) is 13.8. The molecule has 0 N–H and O–H groups in total. The number of para-hydroxylation sites is 2. The fraction of sp³-hybridized carbons (Fsp3) is 0.346. The Morgan fingerprint density at radius 2 is 1.59 bits per heavy atom. The van der Waals surface area contributed by atoms with Gasteiger partial charge in [0.25, 0.3) is 0 Å². The minimum Gasteiger partial charge on any atom is -0.495 e. The molecule has 5 rings (SSSR count). The van der Waals surface area contributed by atoms with Crippen molar-refractivity contribution in [3.05, 3.63) is 65.9 Å². The van der Waals surface area contributed by atoms with Gasteiger partial charge >= 0.3 is 0 Å². The van der Waals surface area contributed by atoms with Crippen molar-refractivity contribution in [2.75, 3.05) is 12.0 Å². The molecule has 0 aliphatic carbocycles. The van der Waals surface area contributed by atoms with Crippen LogP contribution in [0.5, 0.6) is 5.75 Å². The highest BCUT2D eigenvalue weighted by Crippen LogP contribution is 2.54. The lowest BCUT2D eigenvalue weighted by molar-refractivity contribution is -0.135. The van der Waals surface area contributed by atoms with Crippen molar-refractivity contribution in [3.63, 3.8) is 0 Å². The number of hydrogen-bond donors (Lipinski definition) is 0. The molecule has 32 heavy (non-hydrogen) atoms. The molecule has 0 radical (unpaired) electrons. The van der Waals surface area contributed by atoms with E-state index in [0.29, 0.717) is 11.4 Å². The number of anilines is 1.